The second kappa shape index (κ2) is 5.36. The van der Waals surface area contributed by atoms with E-state index in [0.717, 1.165) is 31.7 Å². The number of amides is 1. The van der Waals surface area contributed by atoms with Crippen LogP contribution in [0.5, 0.6) is 0 Å². The van der Waals surface area contributed by atoms with E-state index in [1.807, 2.05) is 17.2 Å². The molecule has 0 bridgehead atoms. The van der Waals surface area contributed by atoms with Gasteiger partial charge in [0, 0.05) is 24.2 Å². The Morgan fingerprint density at radius 3 is 2.79 bits per heavy atom. The van der Waals surface area contributed by atoms with E-state index in [4.69, 9.17) is 4.74 Å². The van der Waals surface area contributed by atoms with Gasteiger partial charge in [-0.2, -0.15) is 0 Å². The van der Waals surface area contributed by atoms with Crippen LogP contribution in [-0.2, 0) is 4.74 Å². The van der Waals surface area contributed by atoms with E-state index in [1.165, 1.54) is 23.6 Å². The highest BCUT2D eigenvalue weighted by Gasteiger charge is 2.50. The van der Waals surface area contributed by atoms with Crippen LogP contribution in [-0.4, -0.2) is 47.3 Å². The summed E-state index contributed by atoms with van der Waals surface area (Å²) >= 11 is 0. The van der Waals surface area contributed by atoms with Crippen molar-refractivity contribution in [2.24, 2.45) is 0 Å². The fourth-order valence-electron chi connectivity index (χ4n) is 4.60. The van der Waals surface area contributed by atoms with Gasteiger partial charge in [0.25, 0.3) is 0 Å². The fraction of sp³-hybridized carbons (Fsp3) is 0.474. The molecule has 3 aliphatic rings. The van der Waals surface area contributed by atoms with E-state index in [-0.39, 0.29) is 18.2 Å². The third-order valence-corrected chi connectivity index (χ3v) is 5.73. The van der Waals surface area contributed by atoms with Crippen molar-refractivity contribution >= 4 is 22.7 Å². The number of fused-ring (bicyclic) bond motifs is 2. The average Bonchev–Trinajstić information content (AvgIpc) is 3.30. The zero-order chi connectivity index (χ0) is 16.1. The Morgan fingerprint density at radius 2 is 1.92 bits per heavy atom. The SMILES string of the molecule is O=C1O[C@@H]2CN(c3nccc4ccccc34)C[C@@H]2N1C1CCCC1. The van der Waals surface area contributed by atoms with Crippen LogP contribution in [0.4, 0.5) is 10.6 Å². The molecule has 0 N–H and O–H groups in total. The van der Waals surface area contributed by atoms with E-state index in [1.54, 1.807) is 0 Å². The van der Waals surface area contributed by atoms with Crippen molar-refractivity contribution in [3.05, 3.63) is 36.5 Å². The highest BCUT2D eigenvalue weighted by Crippen LogP contribution is 2.36. The van der Waals surface area contributed by atoms with Crippen molar-refractivity contribution in [3.63, 3.8) is 0 Å². The molecule has 24 heavy (non-hydrogen) atoms. The van der Waals surface area contributed by atoms with Gasteiger partial charge in [-0.3, -0.25) is 4.90 Å². The summed E-state index contributed by atoms with van der Waals surface area (Å²) in [6.07, 6.45) is 6.41. The summed E-state index contributed by atoms with van der Waals surface area (Å²) in [4.78, 5) is 21.2. The van der Waals surface area contributed by atoms with Crippen LogP contribution in [0.25, 0.3) is 10.8 Å². The van der Waals surface area contributed by atoms with E-state index < -0.39 is 0 Å². The molecule has 5 rings (SSSR count). The number of carbonyl (C=O) groups excluding carboxylic acids is 1. The number of pyridine rings is 1. The second-order valence-corrected chi connectivity index (χ2v) is 7.10. The first-order valence-electron chi connectivity index (χ1n) is 8.89. The Morgan fingerprint density at radius 1 is 1.08 bits per heavy atom. The Labute approximate surface area is 141 Å². The number of hydrogen-bond donors (Lipinski definition) is 0. The molecule has 1 aromatic heterocycles. The summed E-state index contributed by atoms with van der Waals surface area (Å²) in [6.45, 7) is 1.55. The summed E-state index contributed by atoms with van der Waals surface area (Å²) in [7, 11) is 0. The zero-order valence-corrected chi connectivity index (χ0v) is 13.6. The number of anilines is 1. The lowest BCUT2D eigenvalue weighted by molar-refractivity contribution is 0.130. The average molecular weight is 323 g/mol. The Balaban J connectivity index is 1.45. The Kier molecular flexibility index (Phi) is 3.15. The van der Waals surface area contributed by atoms with Gasteiger partial charge in [0.15, 0.2) is 0 Å². The third-order valence-electron chi connectivity index (χ3n) is 5.73. The molecule has 1 amide bonds. The predicted octanol–water partition coefficient (Wildman–Crippen LogP) is 3.19. The first-order chi connectivity index (χ1) is 11.8. The molecule has 5 nitrogen and oxygen atoms in total. The van der Waals surface area contributed by atoms with Gasteiger partial charge in [-0.05, 0) is 24.3 Å². The molecule has 0 unspecified atom stereocenters. The fourth-order valence-corrected chi connectivity index (χ4v) is 4.60. The maximum Gasteiger partial charge on any atom is 0.410 e. The smallest absolute Gasteiger partial charge is 0.410 e. The third kappa shape index (κ3) is 2.07. The van der Waals surface area contributed by atoms with Crippen LogP contribution < -0.4 is 4.90 Å². The van der Waals surface area contributed by atoms with Gasteiger partial charge in [-0.25, -0.2) is 9.78 Å². The molecule has 1 aromatic carbocycles. The summed E-state index contributed by atoms with van der Waals surface area (Å²) < 4.78 is 5.69. The van der Waals surface area contributed by atoms with E-state index in [9.17, 15) is 4.79 Å². The molecule has 2 saturated heterocycles. The molecule has 5 heteroatoms. The van der Waals surface area contributed by atoms with Crippen molar-refractivity contribution in [2.45, 2.75) is 43.9 Å². The number of hydrogen-bond acceptors (Lipinski definition) is 4. The van der Waals surface area contributed by atoms with Crippen LogP contribution in [0.3, 0.4) is 0 Å². The second-order valence-electron chi connectivity index (χ2n) is 7.10. The molecule has 124 valence electrons. The van der Waals surface area contributed by atoms with Gasteiger partial charge in [0.2, 0.25) is 0 Å². The normalized spacial score (nSPS) is 27.1. The minimum atomic E-state index is -0.109. The van der Waals surface area contributed by atoms with Crippen LogP contribution in [0.15, 0.2) is 36.5 Å². The topological polar surface area (TPSA) is 45.7 Å². The van der Waals surface area contributed by atoms with E-state index in [0.29, 0.717) is 6.04 Å². The molecule has 3 heterocycles. The molecule has 3 fully saturated rings. The maximum atomic E-state index is 12.3. The van der Waals surface area contributed by atoms with Crippen LogP contribution in [0.1, 0.15) is 25.7 Å². The minimum Gasteiger partial charge on any atom is -0.442 e. The molecule has 2 atom stereocenters. The van der Waals surface area contributed by atoms with Gasteiger partial charge in [0.05, 0.1) is 12.6 Å². The van der Waals surface area contributed by atoms with Gasteiger partial charge in [0.1, 0.15) is 11.9 Å². The molecule has 0 radical (unpaired) electrons. The first kappa shape index (κ1) is 14.1. The van der Waals surface area contributed by atoms with Crippen molar-refractivity contribution in [3.8, 4) is 0 Å². The number of rotatable bonds is 2. The number of aromatic nitrogens is 1. The molecule has 2 aromatic rings. The summed E-state index contributed by atoms with van der Waals surface area (Å²) in [6, 6.07) is 10.9. The molecule has 1 saturated carbocycles. The number of benzene rings is 1. The lowest BCUT2D eigenvalue weighted by atomic mass is 10.1. The lowest BCUT2D eigenvalue weighted by Gasteiger charge is -2.28. The van der Waals surface area contributed by atoms with Gasteiger partial charge in [-0.15, -0.1) is 0 Å². The van der Waals surface area contributed by atoms with Crippen molar-refractivity contribution in [2.75, 3.05) is 18.0 Å². The van der Waals surface area contributed by atoms with Crippen LogP contribution >= 0.6 is 0 Å². The molecular formula is C19H21N3O2. The van der Waals surface area contributed by atoms with Gasteiger partial charge in [-0.1, -0.05) is 37.1 Å². The summed E-state index contributed by atoms with van der Waals surface area (Å²) in [5.41, 5.74) is 0. The quantitative estimate of drug-likeness (QED) is 0.851. The maximum absolute atomic E-state index is 12.3. The van der Waals surface area contributed by atoms with Gasteiger partial charge >= 0.3 is 6.09 Å². The zero-order valence-electron chi connectivity index (χ0n) is 13.6. The number of nitrogens with zero attached hydrogens (tertiary/aromatic N) is 3. The highest BCUT2D eigenvalue weighted by molar-refractivity contribution is 5.92. The van der Waals surface area contributed by atoms with Crippen molar-refractivity contribution < 1.29 is 9.53 Å². The minimum absolute atomic E-state index is 0.0288. The monoisotopic (exact) mass is 323 g/mol. The van der Waals surface area contributed by atoms with E-state index in [2.05, 4.69) is 34.1 Å². The van der Waals surface area contributed by atoms with Crippen LogP contribution in [0.2, 0.25) is 0 Å². The lowest BCUT2D eigenvalue weighted by Crippen LogP contribution is -2.43. The predicted molar refractivity (Wildman–Crippen MR) is 92.1 cm³/mol. The standard InChI is InChI=1S/C19H21N3O2/c23-19-22(14-6-2-3-7-14)16-11-21(12-17(16)24-19)18-15-8-4-1-5-13(15)9-10-20-18/h1,4-5,8-10,14,16-17H,2-3,6-7,11-12H2/t16-,17+/m0/s1. The molecular weight excluding hydrogens is 302 g/mol. The first-order valence-corrected chi connectivity index (χ1v) is 8.89. The van der Waals surface area contributed by atoms with E-state index >= 15 is 0 Å². The van der Waals surface area contributed by atoms with Crippen molar-refractivity contribution in [1.29, 1.82) is 0 Å². The Bertz CT molecular complexity index is 782. The highest BCUT2D eigenvalue weighted by atomic mass is 16.6. The van der Waals surface area contributed by atoms with Crippen LogP contribution in [0, 0.1) is 0 Å². The Hall–Kier alpha value is -2.30. The van der Waals surface area contributed by atoms with Crippen molar-refractivity contribution in [1.82, 2.24) is 9.88 Å². The summed E-state index contributed by atoms with van der Waals surface area (Å²) in [5.74, 6) is 1.00. The number of ether oxygens (including phenoxy) is 1. The molecule has 0 spiro atoms. The summed E-state index contributed by atoms with van der Waals surface area (Å²) in [5, 5.41) is 2.36. The van der Waals surface area contributed by atoms with Gasteiger partial charge < -0.3 is 9.64 Å². The molecule has 1 aliphatic carbocycles. The largest absolute Gasteiger partial charge is 0.442 e. The number of carbonyl (C=O) groups is 1. The molecule has 2 aliphatic heterocycles.